The van der Waals surface area contributed by atoms with E-state index in [0.717, 1.165) is 12.1 Å². The van der Waals surface area contributed by atoms with Crippen LogP contribution in [0, 0.1) is 11.8 Å². The maximum Gasteiger partial charge on any atom is 0.418 e. The molecule has 2 atom stereocenters. The van der Waals surface area contributed by atoms with Crippen LogP contribution in [0.1, 0.15) is 92.7 Å². The van der Waals surface area contributed by atoms with E-state index in [0.29, 0.717) is 62.7 Å². The van der Waals surface area contributed by atoms with Crippen molar-refractivity contribution in [3.05, 3.63) is 59.4 Å². The number of alkyl halides is 3. The van der Waals surface area contributed by atoms with Gasteiger partial charge in [0.1, 0.15) is 11.4 Å². The third kappa shape index (κ3) is 7.16. The minimum absolute atomic E-state index is 0.146. The van der Waals surface area contributed by atoms with Gasteiger partial charge in [0.25, 0.3) is 5.91 Å². The Balaban J connectivity index is 1.27. The minimum atomic E-state index is -4.74. The van der Waals surface area contributed by atoms with E-state index in [1.54, 1.807) is 4.90 Å². The number of para-hydroxylation sites is 1. The molecule has 3 aliphatic rings. The molecule has 1 saturated carbocycles. The number of piperidine rings is 2. The number of benzene rings is 1. The number of carboxylic acid groups (broad SMARTS) is 1. The molecule has 2 aliphatic heterocycles. The molecule has 0 spiro atoms. The van der Waals surface area contributed by atoms with E-state index in [1.165, 1.54) is 11.1 Å². The molecule has 12 heteroatoms. The molecule has 3 fully saturated rings. The number of carbonyl (C=O) groups is 3. The Bertz CT molecular complexity index is 1400. The van der Waals surface area contributed by atoms with Crippen molar-refractivity contribution in [2.45, 2.75) is 95.1 Å². The number of carboxylic acids is 1. The summed E-state index contributed by atoms with van der Waals surface area (Å²) in [6.07, 6.45) is 1.23. The molecule has 1 aromatic heterocycles. The third-order valence-corrected chi connectivity index (χ3v) is 9.86. The molecular weight excluding hydrogens is 603 g/mol. The van der Waals surface area contributed by atoms with E-state index in [1.807, 2.05) is 31.2 Å². The molecule has 2 saturated heterocycles. The van der Waals surface area contributed by atoms with Crippen LogP contribution in [0.25, 0.3) is 0 Å². The van der Waals surface area contributed by atoms with Crippen molar-refractivity contribution < 1.29 is 42.5 Å². The molecule has 46 heavy (non-hydrogen) atoms. The van der Waals surface area contributed by atoms with Crippen LogP contribution in [0.3, 0.4) is 0 Å². The fourth-order valence-corrected chi connectivity index (χ4v) is 7.35. The summed E-state index contributed by atoms with van der Waals surface area (Å²) in [5.74, 6) is -2.13. The number of aromatic nitrogens is 1. The van der Waals surface area contributed by atoms with E-state index in [-0.39, 0.29) is 50.4 Å². The highest BCUT2D eigenvalue weighted by Gasteiger charge is 2.45. The van der Waals surface area contributed by atoms with E-state index < -0.39 is 46.9 Å². The lowest BCUT2D eigenvalue weighted by Crippen LogP contribution is -2.55. The summed E-state index contributed by atoms with van der Waals surface area (Å²) in [6, 6.07) is 8.73. The summed E-state index contributed by atoms with van der Waals surface area (Å²) >= 11 is 0. The molecule has 250 valence electrons. The summed E-state index contributed by atoms with van der Waals surface area (Å²) in [5, 5.41) is 21.1. The van der Waals surface area contributed by atoms with Gasteiger partial charge in [0.05, 0.1) is 29.1 Å². The Labute approximate surface area is 266 Å². The van der Waals surface area contributed by atoms with Gasteiger partial charge in [-0.1, -0.05) is 31.5 Å². The van der Waals surface area contributed by atoms with Gasteiger partial charge >= 0.3 is 12.1 Å². The number of rotatable bonds is 8. The Morgan fingerprint density at radius 1 is 1.00 bits per heavy atom. The van der Waals surface area contributed by atoms with Crippen molar-refractivity contribution in [3.8, 4) is 5.75 Å². The summed E-state index contributed by atoms with van der Waals surface area (Å²) in [4.78, 5) is 45.7. The molecule has 2 amide bonds. The van der Waals surface area contributed by atoms with Gasteiger partial charge < -0.3 is 24.7 Å². The van der Waals surface area contributed by atoms with Crippen molar-refractivity contribution >= 4 is 17.8 Å². The van der Waals surface area contributed by atoms with Crippen LogP contribution in [0.5, 0.6) is 5.75 Å². The molecule has 5 rings (SSSR count). The van der Waals surface area contributed by atoms with Crippen LogP contribution in [0.2, 0.25) is 0 Å². The molecule has 1 aromatic carbocycles. The van der Waals surface area contributed by atoms with Gasteiger partial charge in [-0.05, 0) is 76.0 Å². The maximum atomic E-state index is 14.0. The van der Waals surface area contributed by atoms with Crippen LogP contribution < -0.4 is 4.74 Å². The Kier molecular flexibility index (Phi) is 10.2. The van der Waals surface area contributed by atoms with Crippen LogP contribution in [-0.2, 0) is 21.4 Å². The van der Waals surface area contributed by atoms with E-state index in [4.69, 9.17) is 4.74 Å². The average Bonchev–Trinajstić information content (AvgIpc) is 3.05. The standard InChI is InChI=1S/C34H42F3N3O6/c1-2-7-27-24(8-6-19-40(27)31(42)29-26(34(35,36)37)10-5-18-38-29)30(41)39-20-16-33(45,17-21-39)25-9-3-4-11-28(25)46-23-14-12-22(13-15-23)32(43)44/h3-5,9-11,18,22-24,27,45H,2,6-8,12-17,19-21H2,1H3,(H,43,44)/t22?,23?,24?,27-/m1/s1. The molecule has 3 heterocycles. The second-order valence-electron chi connectivity index (χ2n) is 12.8. The fraction of sp³-hybridized carbons (Fsp3) is 0.588. The number of nitrogens with zero attached hydrogens (tertiary/aromatic N) is 3. The van der Waals surface area contributed by atoms with Gasteiger partial charge in [-0.25, -0.2) is 0 Å². The highest BCUT2D eigenvalue weighted by molar-refractivity contribution is 5.95. The lowest BCUT2D eigenvalue weighted by atomic mass is 9.81. The number of aliphatic carboxylic acids is 1. The number of carbonyl (C=O) groups excluding carboxylic acids is 2. The number of hydrogen-bond donors (Lipinski definition) is 2. The van der Waals surface area contributed by atoms with Crippen molar-refractivity contribution in [2.24, 2.45) is 11.8 Å². The normalized spacial score (nSPS) is 25.2. The van der Waals surface area contributed by atoms with Gasteiger partial charge in [0, 0.05) is 37.4 Å². The Morgan fingerprint density at radius 2 is 1.70 bits per heavy atom. The quantitative estimate of drug-likeness (QED) is 0.381. The second kappa shape index (κ2) is 14.0. The van der Waals surface area contributed by atoms with Gasteiger partial charge in [-0.2, -0.15) is 13.2 Å². The van der Waals surface area contributed by atoms with Crippen LogP contribution in [-0.4, -0.2) is 74.6 Å². The summed E-state index contributed by atoms with van der Waals surface area (Å²) in [5.41, 5.74) is -2.34. The Hall–Kier alpha value is -3.67. The number of amides is 2. The van der Waals surface area contributed by atoms with Crippen molar-refractivity contribution in [1.82, 2.24) is 14.8 Å². The first kappa shape index (κ1) is 33.7. The lowest BCUT2D eigenvalue weighted by molar-refractivity contribution is -0.144. The van der Waals surface area contributed by atoms with Gasteiger partial charge in [-0.15, -0.1) is 0 Å². The molecule has 9 nitrogen and oxygen atoms in total. The maximum absolute atomic E-state index is 14.0. The van der Waals surface area contributed by atoms with E-state index in [2.05, 4.69) is 4.98 Å². The van der Waals surface area contributed by atoms with Gasteiger partial charge in [0.2, 0.25) is 5.91 Å². The average molecular weight is 646 g/mol. The highest BCUT2D eigenvalue weighted by atomic mass is 19.4. The fourth-order valence-electron chi connectivity index (χ4n) is 7.35. The molecule has 2 aromatic rings. The van der Waals surface area contributed by atoms with E-state index in [9.17, 15) is 37.8 Å². The Morgan fingerprint density at radius 3 is 2.35 bits per heavy atom. The number of likely N-dealkylation sites (tertiary alicyclic amines) is 2. The molecular formula is C34H42F3N3O6. The number of hydrogen-bond acceptors (Lipinski definition) is 6. The zero-order chi connectivity index (χ0) is 33.1. The van der Waals surface area contributed by atoms with Crippen molar-refractivity contribution in [3.63, 3.8) is 0 Å². The number of aliphatic hydroxyl groups is 1. The van der Waals surface area contributed by atoms with Crippen LogP contribution >= 0.6 is 0 Å². The number of ether oxygens (including phenoxy) is 1. The minimum Gasteiger partial charge on any atom is -0.490 e. The topological polar surface area (TPSA) is 120 Å². The summed E-state index contributed by atoms with van der Waals surface area (Å²) in [7, 11) is 0. The molecule has 1 aliphatic carbocycles. The second-order valence-corrected chi connectivity index (χ2v) is 12.8. The predicted molar refractivity (Wildman–Crippen MR) is 162 cm³/mol. The summed E-state index contributed by atoms with van der Waals surface area (Å²) < 4.78 is 47.5. The molecule has 0 radical (unpaired) electrons. The first-order chi connectivity index (χ1) is 21.9. The first-order valence-corrected chi connectivity index (χ1v) is 16.3. The molecule has 1 unspecified atom stereocenters. The number of halogens is 3. The summed E-state index contributed by atoms with van der Waals surface area (Å²) in [6.45, 7) is 2.71. The highest BCUT2D eigenvalue weighted by Crippen LogP contribution is 2.41. The zero-order valence-corrected chi connectivity index (χ0v) is 26.0. The van der Waals surface area contributed by atoms with Crippen LogP contribution in [0.15, 0.2) is 42.6 Å². The lowest BCUT2D eigenvalue weighted by Gasteiger charge is -2.45. The number of pyridine rings is 1. The third-order valence-electron chi connectivity index (χ3n) is 9.86. The zero-order valence-electron chi connectivity index (χ0n) is 26.0. The largest absolute Gasteiger partial charge is 0.490 e. The van der Waals surface area contributed by atoms with Crippen molar-refractivity contribution in [2.75, 3.05) is 19.6 Å². The van der Waals surface area contributed by atoms with E-state index >= 15 is 0 Å². The molecule has 0 bridgehead atoms. The van der Waals surface area contributed by atoms with Gasteiger partial charge in [0.15, 0.2) is 0 Å². The predicted octanol–water partition coefficient (Wildman–Crippen LogP) is 5.65. The monoisotopic (exact) mass is 645 g/mol. The first-order valence-electron chi connectivity index (χ1n) is 16.3. The van der Waals surface area contributed by atoms with Crippen molar-refractivity contribution in [1.29, 1.82) is 0 Å². The smallest absolute Gasteiger partial charge is 0.418 e. The van der Waals surface area contributed by atoms with Crippen LogP contribution in [0.4, 0.5) is 13.2 Å². The SMILES string of the molecule is CCC[C@@H]1C(C(=O)N2CCC(O)(c3ccccc3OC3CCC(C(=O)O)CC3)CC2)CCCN1C(=O)c1ncccc1C(F)(F)F. The molecule has 2 N–H and O–H groups in total. The van der Waals surface area contributed by atoms with Gasteiger partial charge in [-0.3, -0.25) is 19.4 Å².